The number of rotatable bonds is 9. The van der Waals surface area contributed by atoms with Gasteiger partial charge in [0.1, 0.15) is 5.75 Å². The molecule has 11 heteroatoms. The lowest BCUT2D eigenvalue weighted by Gasteiger charge is -2.26. The number of aryl methyl sites for hydroxylation is 1. The maximum atomic E-state index is 13.0. The van der Waals surface area contributed by atoms with Gasteiger partial charge in [0.15, 0.2) is 0 Å². The van der Waals surface area contributed by atoms with E-state index in [2.05, 4.69) is 15.5 Å². The third-order valence-corrected chi connectivity index (χ3v) is 8.07. The van der Waals surface area contributed by atoms with Gasteiger partial charge in [-0.05, 0) is 55.2 Å². The second kappa shape index (κ2) is 11.2. The number of benzene rings is 2. The summed E-state index contributed by atoms with van der Waals surface area (Å²) >= 11 is 6.16. The van der Waals surface area contributed by atoms with Gasteiger partial charge in [-0.3, -0.25) is 4.79 Å². The van der Waals surface area contributed by atoms with Gasteiger partial charge in [-0.1, -0.05) is 35.3 Å². The number of piperidine rings is 1. The molecule has 1 aromatic heterocycles. The Morgan fingerprint density at radius 3 is 2.69 bits per heavy atom. The number of carbonyl (C=O) groups is 1. The number of ether oxygens (including phenoxy) is 1. The van der Waals surface area contributed by atoms with Crippen molar-refractivity contribution in [3.63, 3.8) is 0 Å². The van der Waals surface area contributed by atoms with Crippen LogP contribution in [0.25, 0.3) is 11.4 Å². The second-order valence-electron chi connectivity index (χ2n) is 8.21. The van der Waals surface area contributed by atoms with Crippen molar-refractivity contribution in [2.45, 2.75) is 43.5 Å². The molecule has 0 atom stereocenters. The molecule has 2 heterocycles. The molecule has 1 aliphatic heterocycles. The van der Waals surface area contributed by atoms with Gasteiger partial charge >= 0.3 is 0 Å². The summed E-state index contributed by atoms with van der Waals surface area (Å²) in [6, 6.07) is 11.9. The predicted molar refractivity (Wildman–Crippen MR) is 131 cm³/mol. The van der Waals surface area contributed by atoms with E-state index in [-0.39, 0.29) is 29.7 Å². The highest BCUT2D eigenvalue weighted by Gasteiger charge is 2.26. The number of nitrogens with one attached hydrogen (secondary N) is 1. The summed E-state index contributed by atoms with van der Waals surface area (Å²) in [6.45, 7) is 1.12. The van der Waals surface area contributed by atoms with E-state index in [1.54, 1.807) is 36.4 Å². The van der Waals surface area contributed by atoms with Crippen LogP contribution in [-0.4, -0.2) is 49.0 Å². The van der Waals surface area contributed by atoms with Crippen LogP contribution in [0.4, 0.5) is 0 Å². The maximum Gasteiger partial charge on any atom is 0.246 e. The highest BCUT2D eigenvalue weighted by molar-refractivity contribution is 7.89. The first-order chi connectivity index (χ1) is 16.9. The van der Waals surface area contributed by atoms with E-state index >= 15 is 0 Å². The lowest BCUT2D eigenvalue weighted by atomic mass is 10.1. The summed E-state index contributed by atoms with van der Waals surface area (Å²) < 4.78 is 38.2. The largest absolute Gasteiger partial charge is 0.496 e. The number of hydrogen-bond acceptors (Lipinski definition) is 7. The van der Waals surface area contributed by atoms with E-state index in [1.165, 1.54) is 11.4 Å². The molecule has 0 aliphatic carbocycles. The van der Waals surface area contributed by atoms with Crippen molar-refractivity contribution in [2.75, 3.05) is 20.2 Å². The Bertz CT molecular complexity index is 1290. The van der Waals surface area contributed by atoms with Crippen LogP contribution in [0.15, 0.2) is 51.9 Å². The average Bonchev–Trinajstić information content (AvgIpc) is 3.35. The van der Waals surface area contributed by atoms with Gasteiger partial charge < -0.3 is 14.6 Å². The molecule has 1 amide bonds. The molecule has 1 N–H and O–H groups in total. The van der Waals surface area contributed by atoms with Crippen LogP contribution in [0.1, 0.15) is 37.1 Å². The number of hydrogen-bond donors (Lipinski definition) is 1. The van der Waals surface area contributed by atoms with E-state index in [4.69, 9.17) is 20.9 Å². The highest BCUT2D eigenvalue weighted by Crippen LogP contribution is 2.27. The van der Waals surface area contributed by atoms with Crippen LogP contribution < -0.4 is 10.1 Å². The van der Waals surface area contributed by atoms with Gasteiger partial charge in [0.05, 0.1) is 23.6 Å². The fraction of sp³-hybridized carbons (Fsp3) is 0.375. The number of sulfonamides is 1. The van der Waals surface area contributed by atoms with Crippen LogP contribution in [0.2, 0.25) is 5.02 Å². The van der Waals surface area contributed by atoms with Gasteiger partial charge in [-0.15, -0.1) is 0 Å². The van der Waals surface area contributed by atoms with Gasteiger partial charge in [0, 0.05) is 25.1 Å². The molecular weight excluding hydrogens is 492 g/mol. The fourth-order valence-corrected chi connectivity index (χ4v) is 5.74. The number of halogens is 1. The molecule has 3 aromatic rings. The zero-order valence-electron chi connectivity index (χ0n) is 19.4. The molecule has 0 bridgehead atoms. The van der Waals surface area contributed by atoms with Gasteiger partial charge in [0.2, 0.25) is 27.6 Å². The Hall–Kier alpha value is -2.95. The number of carbonyl (C=O) groups excluding carboxylic acids is 1. The lowest BCUT2D eigenvalue weighted by Crippen LogP contribution is -2.35. The van der Waals surface area contributed by atoms with Gasteiger partial charge in [-0.25, -0.2) is 8.42 Å². The first-order valence-corrected chi connectivity index (χ1v) is 13.2. The molecule has 35 heavy (non-hydrogen) atoms. The Morgan fingerprint density at radius 1 is 1.17 bits per heavy atom. The Morgan fingerprint density at radius 2 is 1.94 bits per heavy atom. The quantitative estimate of drug-likeness (QED) is 0.458. The molecule has 0 saturated carbocycles. The van der Waals surface area contributed by atoms with Crippen LogP contribution in [0.5, 0.6) is 5.75 Å². The molecule has 186 valence electrons. The summed E-state index contributed by atoms with van der Waals surface area (Å²) in [7, 11) is -2.06. The smallest absolute Gasteiger partial charge is 0.246 e. The van der Waals surface area contributed by atoms with Crippen LogP contribution in [-0.2, 0) is 27.8 Å². The lowest BCUT2D eigenvalue weighted by molar-refractivity contribution is -0.121. The third-order valence-electron chi connectivity index (χ3n) is 5.85. The van der Waals surface area contributed by atoms with Crippen LogP contribution in [0, 0.1) is 0 Å². The normalized spacial score (nSPS) is 14.6. The Balaban J connectivity index is 1.37. The van der Waals surface area contributed by atoms with Gasteiger partial charge in [0.25, 0.3) is 0 Å². The van der Waals surface area contributed by atoms with Crippen molar-refractivity contribution in [3.8, 4) is 17.1 Å². The zero-order valence-corrected chi connectivity index (χ0v) is 20.9. The maximum absolute atomic E-state index is 13.0. The summed E-state index contributed by atoms with van der Waals surface area (Å²) in [4.78, 5) is 16.9. The molecule has 2 aromatic carbocycles. The number of aromatic nitrogens is 2. The van der Waals surface area contributed by atoms with Gasteiger partial charge in [-0.2, -0.15) is 9.29 Å². The highest BCUT2D eigenvalue weighted by atomic mass is 35.5. The van der Waals surface area contributed by atoms with E-state index in [0.29, 0.717) is 47.2 Å². The molecule has 0 spiro atoms. The standard InChI is InChI=1S/C24H27ClN4O5S/c1-33-21-11-10-18(35(31,32)29-13-5-2-6-14-29)15-17(21)9-12-22(30)26-16-23-27-24(28-34-23)19-7-3-4-8-20(19)25/h3-4,7-8,10-11,15H,2,5-6,9,12-14,16H2,1H3,(H,26,30). The average molecular weight is 519 g/mol. The van der Waals surface area contributed by atoms with Crippen molar-refractivity contribution in [2.24, 2.45) is 0 Å². The minimum atomic E-state index is -3.58. The first kappa shape index (κ1) is 25.2. The van der Waals surface area contributed by atoms with E-state index in [0.717, 1.165) is 19.3 Å². The number of nitrogens with zero attached hydrogens (tertiary/aromatic N) is 3. The monoisotopic (exact) mass is 518 g/mol. The topological polar surface area (TPSA) is 115 Å². The van der Waals surface area contributed by atoms with Crippen molar-refractivity contribution in [1.82, 2.24) is 19.8 Å². The molecule has 0 radical (unpaired) electrons. The summed E-state index contributed by atoms with van der Waals surface area (Å²) in [5, 5.41) is 7.16. The molecule has 9 nitrogen and oxygen atoms in total. The van der Waals surface area contributed by atoms with Crippen molar-refractivity contribution in [1.29, 1.82) is 0 Å². The number of amides is 1. The van der Waals surface area contributed by atoms with E-state index in [9.17, 15) is 13.2 Å². The van der Waals surface area contributed by atoms with Crippen molar-refractivity contribution < 1.29 is 22.5 Å². The fourth-order valence-electron chi connectivity index (χ4n) is 3.95. The van der Waals surface area contributed by atoms with E-state index in [1.807, 2.05) is 6.07 Å². The predicted octanol–water partition coefficient (Wildman–Crippen LogP) is 3.82. The van der Waals surface area contributed by atoms with Crippen LogP contribution >= 0.6 is 11.6 Å². The Labute approximate surface area is 209 Å². The molecule has 1 fully saturated rings. The first-order valence-electron chi connectivity index (χ1n) is 11.4. The zero-order chi connectivity index (χ0) is 24.8. The SMILES string of the molecule is COc1ccc(S(=O)(=O)N2CCCCC2)cc1CCC(=O)NCc1nc(-c2ccccc2Cl)no1. The molecule has 0 unspecified atom stereocenters. The van der Waals surface area contributed by atoms with E-state index < -0.39 is 10.0 Å². The molecule has 4 rings (SSSR count). The Kier molecular flexibility index (Phi) is 8.04. The minimum absolute atomic E-state index is 0.0663. The van der Waals surface area contributed by atoms with Crippen molar-refractivity contribution in [3.05, 3.63) is 58.9 Å². The van der Waals surface area contributed by atoms with Crippen molar-refractivity contribution >= 4 is 27.5 Å². The molecule has 1 saturated heterocycles. The van der Waals surface area contributed by atoms with Crippen LogP contribution in [0.3, 0.4) is 0 Å². The number of methoxy groups -OCH3 is 1. The second-order valence-corrected chi connectivity index (χ2v) is 10.6. The molecular formula is C24H27ClN4O5S. The minimum Gasteiger partial charge on any atom is -0.496 e. The third kappa shape index (κ3) is 6.01. The summed E-state index contributed by atoms with van der Waals surface area (Å²) in [5.74, 6) is 0.891. The summed E-state index contributed by atoms with van der Waals surface area (Å²) in [5.41, 5.74) is 1.29. The molecule has 1 aliphatic rings. The summed E-state index contributed by atoms with van der Waals surface area (Å²) in [6.07, 6.45) is 3.22.